The van der Waals surface area contributed by atoms with E-state index in [0.29, 0.717) is 6.54 Å². The van der Waals surface area contributed by atoms with E-state index in [2.05, 4.69) is 34.7 Å². The van der Waals surface area contributed by atoms with Gasteiger partial charge < -0.3 is 16.0 Å². The van der Waals surface area contributed by atoms with E-state index in [1.54, 1.807) is 0 Å². The summed E-state index contributed by atoms with van der Waals surface area (Å²) in [6.45, 7) is 7.47. The van der Waals surface area contributed by atoms with Gasteiger partial charge in [-0.1, -0.05) is 44.2 Å². The van der Waals surface area contributed by atoms with E-state index in [1.165, 1.54) is 6.92 Å². The molecule has 0 bridgehead atoms. The van der Waals surface area contributed by atoms with Crippen LogP contribution in [-0.2, 0) is 14.4 Å². The molecule has 7 heteroatoms. The summed E-state index contributed by atoms with van der Waals surface area (Å²) in [6, 6.07) is 10.1. The predicted molar refractivity (Wildman–Crippen MR) is 96.8 cm³/mol. The van der Waals surface area contributed by atoms with Gasteiger partial charge in [0.05, 0.1) is 19.1 Å². The molecule has 25 heavy (non-hydrogen) atoms. The van der Waals surface area contributed by atoms with Crippen molar-refractivity contribution in [1.29, 1.82) is 0 Å². The van der Waals surface area contributed by atoms with E-state index < -0.39 is 5.91 Å². The second-order valence-electron chi connectivity index (χ2n) is 5.64. The maximum atomic E-state index is 12.0. The first kappa shape index (κ1) is 20.6. The quantitative estimate of drug-likeness (QED) is 0.572. The van der Waals surface area contributed by atoms with Crippen molar-refractivity contribution < 1.29 is 14.4 Å². The second kappa shape index (κ2) is 11.2. The third kappa shape index (κ3) is 7.80. The van der Waals surface area contributed by atoms with E-state index in [-0.39, 0.29) is 30.9 Å². The van der Waals surface area contributed by atoms with Gasteiger partial charge in [0.2, 0.25) is 17.7 Å². The molecule has 1 atom stereocenters. The lowest BCUT2D eigenvalue weighted by Gasteiger charge is -2.30. The summed E-state index contributed by atoms with van der Waals surface area (Å²) in [5.74, 6) is -0.942. The van der Waals surface area contributed by atoms with Crippen LogP contribution >= 0.6 is 0 Å². The molecule has 0 aliphatic carbocycles. The minimum atomic E-state index is -0.395. The SMILES string of the molecule is CCN(CC)C(CNC(=O)CNC(=O)CNC(C)=O)c1ccccc1. The molecule has 0 fully saturated rings. The molecule has 0 aromatic heterocycles. The van der Waals surface area contributed by atoms with Crippen LogP contribution in [0.5, 0.6) is 0 Å². The molecule has 0 spiro atoms. The minimum Gasteiger partial charge on any atom is -0.353 e. The van der Waals surface area contributed by atoms with Crippen molar-refractivity contribution in [2.45, 2.75) is 26.8 Å². The van der Waals surface area contributed by atoms with Gasteiger partial charge in [0.1, 0.15) is 0 Å². The number of likely N-dealkylation sites (N-methyl/N-ethyl adjacent to an activating group) is 1. The summed E-state index contributed by atoms with van der Waals surface area (Å²) in [4.78, 5) is 36.5. The van der Waals surface area contributed by atoms with Gasteiger partial charge in [-0.25, -0.2) is 0 Å². The number of nitrogens with one attached hydrogen (secondary N) is 3. The lowest BCUT2D eigenvalue weighted by atomic mass is 10.1. The molecule has 7 nitrogen and oxygen atoms in total. The molecule has 0 radical (unpaired) electrons. The first-order valence-electron chi connectivity index (χ1n) is 8.54. The highest BCUT2D eigenvalue weighted by Gasteiger charge is 2.18. The number of carbonyl (C=O) groups is 3. The van der Waals surface area contributed by atoms with Crippen molar-refractivity contribution in [2.75, 3.05) is 32.7 Å². The molecular weight excluding hydrogens is 320 g/mol. The molecule has 3 amide bonds. The third-order valence-electron chi connectivity index (χ3n) is 3.87. The highest BCUT2D eigenvalue weighted by molar-refractivity contribution is 5.87. The predicted octanol–water partition coefficient (Wildman–Crippen LogP) is 0.438. The molecule has 138 valence electrons. The number of hydrogen-bond donors (Lipinski definition) is 3. The molecule has 3 N–H and O–H groups in total. The standard InChI is InChI=1S/C18H28N4O3/c1-4-22(5-2)16(15-9-7-6-8-10-15)11-20-18(25)13-21-17(24)12-19-14(3)23/h6-10,16H,4-5,11-13H2,1-3H3,(H,19,23)(H,20,25)(H,21,24). The van der Waals surface area contributed by atoms with Crippen LogP contribution in [0.2, 0.25) is 0 Å². The molecule has 0 saturated carbocycles. The highest BCUT2D eigenvalue weighted by Crippen LogP contribution is 2.19. The summed E-state index contributed by atoms with van der Waals surface area (Å²) < 4.78 is 0. The zero-order chi connectivity index (χ0) is 18.7. The molecule has 1 aromatic carbocycles. The lowest BCUT2D eigenvalue weighted by Crippen LogP contribution is -2.44. The van der Waals surface area contributed by atoms with Gasteiger partial charge in [0.25, 0.3) is 0 Å². The smallest absolute Gasteiger partial charge is 0.239 e. The average molecular weight is 348 g/mol. The topological polar surface area (TPSA) is 90.5 Å². The zero-order valence-corrected chi connectivity index (χ0v) is 15.2. The van der Waals surface area contributed by atoms with Crippen LogP contribution in [0.15, 0.2) is 30.3 Å². The fourth-order valence-electron chi connectivity index (χ4n) is 2.52. The van der Waals surface area contributed by atoms with Crippen LogP contribution in [0.3, 0.4) is 0 Å². The summed E-state index contributed by atoms with van der Waals surface area (Å²) in [5.41, 5.74) is 1.14. The number of rotatable bonds is 10. The van der Waals surface area contributed by atoms with E-state index in [4.69, 9.17) is 0 Å². The summed E-state index contributed by atoms with van der Waals surface area (Å²) in [5, 5.41) is 7.73. The van der Waals surface area contributed by atoms with E-state index in [9.17, 15) is 14.4 Å². The van der Waals surface area contributed by atoms with E-state index in [0.717, 1.165) is 18.7 Å². The van der Waals surface area contributed by atoms with Crippen LogP contribution in [0.25, 0.3) is 0 Å². The minimum absolute atomic E-state index is 0.0789. The van der Waals surface area contributed by atoms with Gasteiger partial charge in [-0.15, -0.1) is 0 Å². The van der Waals surface area contributed by atoms with Crippen molar-refractivity contribution in [3.8, 4) is 0 Å². The van der Waals surface area contributed by atoms with Gasteiger partial charge in [0, 0.05) is 13.5 Å². The maximum absolute atomic E-state index is 12.0. The number of hydrogen-bond acceptors (Lipinski definition) is 4. The van der Waals surface area contributed by atoms with Crippen molar-refractivity contribution in [1.82, 2.24) is 20.9 Å². The Balaban J connectivity index is 2.51. The van der Waals surface area contributed by atoms with E-state index >= 15 is 0 Å². The third-order valence-corrected chi connectivity index (χ3v) is 3.87. The van der Waals surface area contributed by atoms with Gasteiger partial charge in [-0.05, 0) is 18.7 Å². The Bertz CT molecular complexity index is 559. The van der Waals surface area contributed by atoms with Gasteiger partial charge >= 0.3 is 0 Å². The van der Waals surface area contributed by atoms with Crippen LogP contribution in [-0.4, -0.2) is 55.3 Å². The van der Waals surface area contributed by atoms with Gasteiger partial charge in [-0.3, -0.25) is 19.3 Å². The summed E-state index contributed by atoms with van der Waals surface area (Å²) in [7, 11) is 0. The van der Waals surface area contributed by atoms with Crippen LogP contribution < -0.4 is 16.0 Å². The van der Waals surface area contributed by atoms with Crippen molar-refractivity contribution in [3.63, 3.8) is 0 Å². The van der Waals surface area contributed by atoms with Gasteiger partial charge in [-0.2, -0.15) is 0 Å². The monoisotopic (exact) mass is 348 g/mol. The highest BCUT2D eigenvalue weighted by atomic mass is 16.2. The Kier molecular flexibility index (Phi) is 9.24. The fraction of sp³-hybridized carbons (Fsp3) is 0.500. The summed E-state index contributed by atoms with van der Waals surface area (Å²) >= 11 is 0. The Morgan fingerprint density at radius 1 is 0.920 bits per heavy atom. The first-order chi connectivity index (χ1) is 12.0. The lowest BCUT2D eigenvalue weighted by molar-refractivity contribution is -0.127. The Morgan fingerprint density at radius 2 is 1.48 bits per heavy atom. The first-order valence-corrected chi connectivity index (χ1v) is 8.54. The van der Waals surface area contributed by atoms with Crippen LogP contribution in [0, 0.1) is 0 Å². The molecule has 1 rings (SSSR count). The maximum Gasteiger partial charge on any atom is 0.239 e. The average Bonchev–Trinajstić information content (AvgIpc) is 2.62. The fourth-order valence-corrected chi connectivity index (χ4v) is 2.52. The number of benzene rings is 1. The molecular formula is C18H28N4O3. The summed E-state index contributed by atoms with van der Waals surface area (Å²) in [6.07, 6.45) is 0. The molecule has 0 aliphatic heterocycles. The number of amides is 3. The number of nitrogens with zero attached hydrogens (tertiary/aromatic N) is 1. The molecule has 0 aliphatic rings. The molecule has 1 aromatic rings. The van der Waals surface area contributed by atoms with Crippen molar-refractivity contribution in [3.05, 3.63) is 35.9 Å². The van der Waals surface area contributed by atoms with Crippen molar-refractivity contribution >= 4 is 17.7 Å². The van der Waals surface area contributed by atoms with Crippen LogP contribution in [0.1, 0.15) is 32.4 Å². The molecule has 0 heterocycles. The van der Waals surface area contributed by atoms with Gasteiger partial charge in [0.15, 0.2) is 0 Å². The van der Waals surface area contributed by atoms with E-state index in [1.807, 2.05) is 30.3 Å². The Labute approximate surface area is 149 Å². The number of carbonyl (C=O) groups excluding carboxylic acids is 3. The Hall–Kier alpha value is -2.41. The normalized spacial score (nSPS) is 11.7. The second-order valence-corrected chi connectivity index (χ2v) is 5.64. The zero-order valence-electron chi connectivity index (χ0n) is 15.2. The Morgan fingerprint density at radius 3 is 2.04 bits per heavy atom. The largest absolute Gasteiger partial charge is 0.353 e. The van der Waals surface area contributed by atoms with Crippen molar-refractivity contribution in [2.24, 2.45) is 0 Å². The molecule has 1 unspecified atom stereocenters. The molecule has 0 saturated heterocycles. The van der Waals surface area contributed by atoms with Crippen LogP contribution in [0.4, 0.5) is 0 Å².